The van der Waals surface area contributed by atoms with E-state index in [9.17, 15) is 40.9 Å². The van der Waals surface area contributed by atoms with Crippen LogP contribution in [0.25, 0.3) is 6.08 Å². The fourth-order valence-corrected chi connectivity index (χ4v) is 8.56. The highest BCUT2D eigenvalue weighted by molar-refractivity contribution is 6.04. The molecule has 1 aliphatic heterocycles. The first kappa shape index (κ1) is 45.8. The van der Waals surface area contributed by atoms with Gasteiger partial charge in [0.1, 0.15) is 51.6 Å². The molecular weight excluding hydrogens is 825 g/mol. The van der Waals surface area contributed by atoms with Gasteiger partial charge in [0, 0.05) is 17.5 Å². The fraction of sp³-hybridized carbons (Fsp3) is 0.241. The first-order chi connectivity index (χ1) is 31.4. The SMILES string of the molecule is COc1cc(O)c([C@@H](/C=C/C[C@@H](O)CCc2ccc(O)cc2)c2ccc(O)cc2)c(O)c1C(=O)[C@@H]1[C@H](/C=C/c2ccc(O)cc2)C[C@H](CCc2ccc(O)cc2)O[C@H]1c1ccc(O)cc1. The van der Waals surface area contributed by atoms with Crippen LogP contribution in [0.4, 0.5) is 0 Å². The Bertz CT molecular complexity index is 2570. The standard InChI is InChI=1S/C54H54O11/c1-64-48-32-47(61)50(46(36-15-26-43(59)27-16-36)4-2-3-39(55)19-6-34-9-22-41(57)23-10-34)53(63)51(48)52(62)49-38(14-5-33-7-20-40(56)21-8-33)31-45(30-13-35-11-24-42(58)25-12-35)65-54(49)37-17-28-44(60)29-18-37/h2,4-5,7-12,14-18,20-29,32,38-39,45-46,49,54-61,63H,3,6,13,19,30-31H2,1H3/b4-2+,14-5+/t38-,39-,45+,46+,49+,54+/m1/s1. The number of aliphatic hydroxyl groups is 1. The minimum Gasteiger partial charge on any atom is -0.508 e. The molecule has 0 aliphatic carbocycles. The minimum atomic E-state index is -0.971. The van der Waals surface area contributed by atoms with Crippen LogP contribution in [0.3, 0.4) is 0 Å². The number of hydrogen-bond acceptors (Lipinski definition) is 11. The van der Waals surface area contributed by atoms with Gasteiger partial charge in [-0.05, 0) is 133 Å². The largest absolute Gasteiger partial charge is 0.508 e. The molecule has 0 amide bonds. The summed E-state index contributed by atoms with van der Waals surface area (Å²) in [6.45, 7) is 0. The molecule has 0 radical (unpaired) electrons. The van der Waals surface area contributed by atoms with Gasteiger partial charge in [0.05, 0.1) is 31.3 Å². The van der Waals surface area contributed by atoms with Crippen molar-refractivity contribution in [2.24, 2.45) is 11.8 Å². The zero-order valence-corrected chi connectivity index (χ0v) is 35.9. The van der Waals surface area contributed by atoms with Gasteiger partial charge < -0.3 is 50.3 Å². The highest BCUT2D eigenvalue weighted by atomic mass is 16.5. The molecule has 0 unspecified atom stereocenters. The third kappa shape index (κ3) is 11.5. The van der Waals surface area contributed by atoms with E-state index >= 15 is 4.79 Å². The molecule has 0 saturated carbocycles. The average Bonchev–Trinajstić information content (AvgIpc) is 3.30. The monoisotopic (exact) mass is 878 g/mol. The fourth-order valence-electron chi connectivity index (χ4n) is 8.56. The van der Waals surface area contributed by atoms with Crippen molar-refractivity contribution in [2.45, 2.75) is 62.8 Å². The maximum Gasteiger partial charge on any atom is 0.176 e. The number of aliphatic hydroxyl groups excluding tert-OH is 1. The van der Waals surface area contributed by atoms with Gasteiger partial charge in [-0.15, -0.1) is 0 Å². The Morgan fingerprint density at radius 1 is 0.723 bits per heavy atom. The van der Waals surface area contributed by atoms with Crippen molar-refractivity contribution in [2.75, 3.05) is 7.11 Å². The van der Waals surface area contributed by atoms with Crippen molar-refractivity contribution < 1.29 is 55.1 Å². The Kier molecular flexibility index (Phi) is 14.8. The Labute approximate surface area is 378 Å². The van der Waals surface area contributed by atoms with Crippen LogP contribution in [0.15, 0.2) is 146 Å². The van der Waals surface area contributed by atoms with E-state index in [-0.39, 0.29) is 63.9 Å². The van der Waals surface area contributed by atoms with E-state index in [2.05, 4.69) is 0 Å². The Morgan fingerprint density at radius 3 is 1.85 bits per heavy atom. The minimum absolute atomic E-state index is 0.00511. The van der Waals surface area contributed by atoms with E-state index in [4.69, 9.17) is 9.47 Å². The molecule has 336 valence electrons. The van der Waals surface area contributed by atoms with Crippen molar-refractivity contribution in [1.82, 2.24) is 0 Å². The normalized spacial score (nSPS) is 18.4. The number of benzene rings is 6. The van der Waals surface area contributed by atoms with Crippen molar-refractivity contribution in [3.05, 3.63) is 185 Å². The summed E-state index contributed by atoms with van der Waals surface area (Å²) in [5.74, 6) is -3.31. The molecule has 8 N–H and O–H groups in total. The third-order valence-electron chi connectivity index (χ3n) is 12.1. The van der Waals surface area contributed by atoms with Crippen LogP contribution < -0.4 is 4.74 Å². The number of ketones is 1. The molecule has 0 bridgehead atoms. The second-order valence-electron chi connectivity index (χ2n) is 16.5. The highest BCUT2D eigenvalue weighted by Gasteiger charge is 2.45. The van der Waals surface area contributed by atoms with E-state index < -0.39 is 41.5 Å². The van der Waals surface area contributed by atoms with Gasteiger partial charge in [0.2, 0.25) is 0 Å². The molecule has 6 aromatic rings. The molecule has 1 heterocycles. The molecule has 0 aromatic heterocycles. The Morgan fingerprint density at radius 2 is 1.26 bits per heavy atom. The van der Waals surface area contributed by atoms with Gasteiger partial charge in [-0.2, -0.15) is 0 Å². The second kappa shape index (κ2) is 21.0. The van der Waals surface area contributed by atoms with Crippen LogP contribution in [-0.2, 0) is 17.6 Å². The molecule has 1 fully saturated rings. The van der Waals surface area contributed by atoms with Gasteiger partial charge in [-0.1, -0.05) is 85.0 Å². The van der Waals surface area contributed by atoms with Crippen LogP contribution in [0.2, 0.25) is 0 Å². The first-order valence-corrected chi connectivity index (χ1v) is 21.6. The molecule has 1 aliphatic rings. The summed E-state index contributed by atoms with van der Waals surface area (Å²) in [7, 11) is 1.35. The number of phenols is 7. The number of carbonyl (C=O) groups is 1. The van der Waals surface area contributed by atoms with Crippen molar-refractivity contribution in [3.8, 4) is 46.0 Å². The number of carbonyl (C=O) groups excluding carboxylic acids is 1. The zero-order chi connectivity index (χ0) is 46.0. The van der Waals surface area contributed by atoms with Crippen LogP contribution in [-0.4, -0.2) is 66.0 Å². The summed E-state index contributed by atoms with van der Waals surface area (Å²) in [6.07, 6.45) is 8.17. The number of Topliss-reactive ketones (excluding diaryl/α,β-unsaturated/α-hetero) is 1. The highest BCUT2D eigenvalue weighted by Crippen LogP contribution is 2.50. The van der Waals surface area contributed by atoms with Crippen molar-refractivity contribution >= 4 is 11.9 Å². The van der Waals surface area contributed by atoms with Gasteiger partial charge >= 0.3 is 0 Å². The number of hydrogen-bond donors (Lipinski definition) is 8. The molecule has 6 aromatic carbocycles. The van der Waals surface area contributed by atoms with Gasteiger partial charge in [0.25, 0.3) is 0 Å². The molecule has 7 rings (SSSR count). The quantitative estimate of drug-likeness (QED) is 0.0321. The summed E-state index contributed by atoms with van der Waals surface area (Å²) in [5, 5.41) is 85.1. The number of rotatable bonds is 17. The number of aryl methyl sites for hydroxylation is 2. The summed E-state index contributed by atoms with van der Waals surface area (Å²) in [5.41, 5.74) is 3.75. The van der Waals surface area contributed by atoms with E-state index in [1.165, 1.54) is 37.4 Å². The molecule has 6 atom stereocenters. The van der Waals surface area contributed by atoms with E-state index in [0.717, 1.165) is 16.7 Å². The molecular formula is C54H54O11. The summed E-state index contributed by atoms with van der Waals surface area (Å²) < 4.78 is 12.6. The number of methoxy groups -OCH3 is 1. The summed E-state index contributed by atoms with van der Waals surface area (Å²) in [4.78, 5) is 15.6. The molecule has 11 heteroatoms. The van der Waals surface area contributed by atoms with Gasteiger partial charge in [0.15, 0.2) is 5.78 Å². The smallest absolute Gasteiger partial charge is 0.176 e. The Balaban J connectivity index is 1.28. The maximum absolute atomic E-state index is 15.6. The van der Waals surface area contributed by atoms with Crippen molar-refractivity contribution in [3.63, 3.8) is 0 Å². The molecule has 0 spiro atoms. The Hall–Kier alpha value is -7.21. The number of aromatic hydroxyl groups is 7. The van der Waals surface area contributed by atoms with Gasteiger partial charge in [-0.25, -0.2) is 0 Å². The molecule has 65 heavy (non-hydrogen) atoms. The summed E-state index contributed by atoms with van der Waals surface area (Å²) >= 11 is 0. The average molecular weight is 879 g/mol. The van der Waals surface area contributed by atoms with Crippen LogP contribution in [0, 0.1) is 11.8 Å². The lowest BCUT2D eigenvalue weighted by atomic mass is 9.73. The molecule has 11 nitrogen and oxygen atoms in total. The number of ether oxygens (including phenoxy) is 2. The van der Waals surface area contributed by atoms with Gasteiger partial charge in [-0.3, -0.25) is 4.79 Å². The summed E-state index contributed by atoms with van der Waals surface area (Å²) in [6, 6.07) is 34.4. The van der Waals surface area contributed by atoms with Crippen LogP contribution in [0.5, 0.6) is 46.0 Å². The lowest BCUT2D eigenvalue weighted by Crippen LogP contribution is -2.40. The van der Waals surface area contributed by atoms with E-state index in [0.29, 0.717) is 43.2 Å². The molecule has 1 saturated heterocycles. The predicted molar refractivity (Wildman–Crippen MR) is 248 cm³/mol. The lowest BCUT2D eigenvalue weighted by Gasteiger charge is -2.41. The van der Waals surface area contributed by atoms with E-state index in [1.54, 1.807) is 97.1 Å². The maximum atomic E-state index is 15.6. The first-order valence-electron chi connectivity index (χ1n) is 21.6. The zero-order valence-electron chi connectivity index (χ0n) is 35.9. The van der Waals surface area contributed by atoms with Crippen molar-refractivity contribution in [1.29, 1.82) is 0 Å². The van der Waals surface area contributed by atoms with Crippen LogP contribution in [0.1, 0.15) is 81.4 Å². The van der Waals surface area contributed by atoms with Crippen LogP contribution >= 0.6 is 0 Å². The number of allylic oxidation sites excluding steroid dienone is 2. The lowest BCUT2D eigenvalue weighted by molar-refractivity contribution is -0.0938. The third-order valence-corrected chi connectivity index (χ3v) is 12.1. The topological polar surface area (TPSA) is 197 Å². The van der Waals surface area contributed by atoms with E-state index in [1.807, 2.05) is 24.3 Å². The second-order valence-corrected chi connectivity index (χ2v) is 16.5. The predicted octanol–water partition coefficient (Wildman–Crippen LogP) is 10.00. The number of phenolic OH excluding ortho intramolecular Hbond substituents is 7.